The maximum Gasteiger partial charge on any atom is 0.419 e. The zero-order valence-corrected chi connectivity index (χ0v) is 11.6. The quantitative estimate of drug-likeness (QED) is 0.860. The number of likely N-dealkylation sites (tertiary alicyclic amines) is 1. The third kappa shape index (κ3) is 3.55. The number of hydrogen-bond acceptors (Lipinski definition) is 2. The number of rotatable bonds is 4. The SMILES string of the molecule is Fc1ccc(CNC2CCN(C3CC3)C2)cc1C(F)(F)F. The lowest BCUT2D eigenvalue weighted by molar-refractivity contribution is -0.140. The Kier molecular flexibility index (Phi) is 3.92. The van der Waals surface area contributed by atoms with Gasteiger partial charge in [-0.1, -0.05) is 6.07 Å². The molecule has 2 nitrogen and oxygen atoms in total. The lowest BCUT2D eigenvalue weighted by atomic mass is 10.1. The number of halogens is 4. The van der Waals surface area contributed by atoms with Crippen LogP contribution in [0.5, 0.6) is 0 Å². The molecule has 1 aromatic carbocycles. The van der Waals surface area contributed by atoms with E-state index < -0.39 is 17.6 Å². The highest BCUT2D eigenvalue weighted by molar-refractivity contribution is 5.27. The van der Waals surface area contributed by atoms with Crippen LogP contribution in [0.1, 0.15) is 30.4 Å². The summed E-state index contributed by atoms with van der Waals surface area (Å²) in [5.74, 6) is -1.22. The zero-order valence-electron chi connectivity index (χ0n) is 11.6. The average Bonchev–Trinajstić information content (AvgIpc) is 3.16. The van der Waals surface area contributed by atoms with Gasteiger partial charge in [-0.15, -0.1) is 0 Å². The average molecular weight is 302 g/mol. The van der Waals surface area contributed by atoms with E-state index in [1.54, 1.807) is 0 Å². The van der Waals surface area contributed by atoms with Gasteiger partial charge < -0.3 is 5.32 Å². The van der Waals surface area contributed by atoms with Gasteiger partial charge >= 0.3 is 6.18 Å². The fourth-order valence-electron chi connectivity index (χ4n) is 2.89. The molecular weight excluding hydrogens is 284 g/mol. The Labute approximate surface area is 121 Å². The maximum absolute atomic E-state index is 13.2. The van der Waals surface area contributed by atoms with Gasteiger partial charge in [0.2, 0.25) is 0 Å². The molecule has 6 heteroatoms. The molecule has 1 aliphatic carbocycles. The van der Waals surface area contributed by atoms with Crippen LogP contribution in [0.2, 0.25) is 0 Å². The van der Waals surface area contributed by atoms with E-state index in [9.17, 15) is 17.6 Å². The lowest BCUT2D eigenvalue weighted by Crippen LogP contribution is -2.32. The monoisotopic (exact) mass is 302 g/mol. The van der Waals surface area contributed by atoms with Crippen molar-refractivity contribution in [3.05, 3.63) is 35.1 Å². The molecule has 21 heavy (non-hydrogen) atoms. The van der Waals surface area contributed by atoms with E-state index in [1.165, 1.54) is 18.9 Å². The molecule has 3 rings (SSSR count). The van der Waals surface area contributed by atoms with Gasteiger partial charge in [0.05, 0.1) is 5.56 Å². The molecule has 116 valence electrons. The van der Waals surface area contributed by atoms with Crippen molar-refractivity contribution in [2.24, 2.45) is 0 Å². The van der Waals surface area contributed by atoms with Crippen LogP contribution in [0.4, 0.5) is 17.6 Å². The van der Waals surface area contributed by atoms with E-state index in [4.69, 9.17) is 0 Å². The van der Waals surface area contributed by atoms with Crippen LogP contribution in [0.3, 0.4) is 0 Å². The van der Waals surface area contributed by atoms with E-state index >= 15 is 0 Å². The predicted molar refractivity (Wildman–Crippen MR) is 71.2 cm³/mol. The standard InChI is InChI=1S/C15H18F4N2/c16-14-4-1-10(7-13(14)15(17,18)19)8-20-11-5-6-21(9-11)12-2-3-12/h1,4,7,11-12,20H,2-3,5-6,8-9H2. The number of nitrogens with zero attached hydrogens (tertiary/aromatic N) is 1. The van der Waals surface area contributed by atoms with Crippen LogP contribution in [0, 0.1) is 5.82 Å². The minimum absolute atomic E-state index is 0.310. The van der Waals surface area contributed by atoms with Gasteiger partial charge in [0.1, 0.15) is 5.82 Å². The van der Waals surface area contributed by atoms with Gasteiger partial charge in [0.15, 0.2) is 0 Å². The molecule has 1 atom stereocenters. The van der Waals surface area contributed by atoms with Crippen molar-refractivity contribution in [2.75, 3.05) is 13.1 Å². The van der Waals surface area contributed by atoms with Crippen molar-refractivity contribution >= 4 is 0 Å². The van der Waals surface area contributed by atoms with Crippen LogP contribution in [0.15, 0.2) is 18.2 Å². The lowest BCUT2D eigenvalue weighted by Gasteiger charge is -2.16. The summed E-state index contributed by atoms with van der Waals surface area (Å²) in [4.78, 5) is 2.43. The predicted octanol–water partition coefficient (Wildman–Crippen LogP) is 3.17. The Morgan fingerprint density at radius 2 is 1.95 bits per heavy atom. The summed E-state index contributed by atoms with van der Waals surface area (Å²) in [6.45, 7) is 2.35. The Hall–Kier alpha value is -1.14. The number of hydrogen-bond donors (Lipinski definition) is 1. The van der Waals surface area contributed by atoms with Crippen molar-refractivity contribution in [3.8, 4) is 0 Å². The smallest absolute Gasteiger partial charge is 0.309 e. The topological polar surface area (TPSA) is 15.3 Å². The Balaban J connectivity index is 1.58. The van der Waals surface area contributed by atoms with Gasteiger partial charge in [-0.25, -0.2) is 4.39 Å². The summed E-state index contributed by atoms with van der Waals surface area (Å²) in [7, 11) is 0. The number of alkyl halides is 3. The minimum Gasteiger partial charge on any atom is -0.309 e. The first kappa shape index (κ1) is 14.8. The Morgan fingerprint density at radius 1 is 1.19 bits per heavy atom. The number of nitrogens with one attached hydrogen (secondary N) is 1. The van der Waals surface area contributed by atoms with Gasteiger partial charge in [-0.3, -0.25) is 4.90 Å². The second-order valence-electron chi connectivity index (χ2n) is 5.90. The van der Waals surface area contributed by atoms with Crippen molar-refractivity contribution in [1.82, 2.24) is 10.2 Å². The van der Waals surface area contributed by atoms with Crippen LogP contribution < -0.4 is 5.32 Å². The molecule has 0 amide bonds. The molecule has 1 saturated heterocycles. The van der Waals surface area contributed by atoms with Gasteiger partial charge in [-0.05, 0) is 37.0 Å². The molecule has 1 saturated carbocycles. The van der Waals surface area contributed by atoms with Crippen LogP contribution in [-0.4, -0.2) is 30.1 Å². The summed E-state index contributed by atoms with van der Waals surface area (Å²) in [5.41, 5.74) is -0.721. The Morgan fingerprint density at radius 3 is 2.62 bits per heavy atom. The molecule has 1 aliphatic heterocycles. The molecule has 2 fully saturated rings. The molecular formula is C15H18F4N2. The van der Waals surface area contributed by atoms with Crippen molar-refractivity contribution < 1.29 is 17.6 Å². The zero-order chi connectivity index (χ0) is 15.0. The first-order valence-corrected chi connectivity index (χ1v) is 7.26. The van der Waals surface area contributed by atoms with Crippen LogP contribution in [0.25, 0.3) is 0 Å². The molecule has 1 aromatic rings. The van der Waals surface area contributed by atoms with Gasteiger partial charge in [0, 0.05) is 31.7 Å². The third-order valence-electron chi connectivity index (χ3n) is 4.21. The molecule has 1 heterocycles. The number of benzene rings is 1. The molecule has 2 aliphatic rings. The Bertz CT molecular complexity index is 511. The highest BCUT2D eigenvalue weighted by atomic mass is 19.4. The molecule has 0 aromatic heterocycles. The van der Waals surface area contributed by atoms with Gasteiger partial charge in [-0.2, -0.15) is 13.2 Å². The third-order valence-corrected chi connectivity index (χ3v) is 4.21. The van der Waals surface area contributed by atoms with Gasteiger partial charge in [0.25, 0.3) is 0 Å². The minimum atomic E-state index is -4.64. The molecule has 0 spiro atoms. The molecule has 1 N–H and O–H groups in total. The van der Waals surface area contributed by atoms with E-state index in [-0.39, 0.29) is 0 Å². The summed E-state index contributed by atoms with van der Waals surface area (Å²) < 4.78 is 51.2. The largest absolute Gasteiger partial charge is 0.419 e. The highest BCUT2D eigenvalue weighted by Gasteiger charge is 2.35. The molecule has 0 bridgehead atoms. The first-order valence-electron chi connectivity index (χ1n) is 7.26. The van der Waals surface area contributed by atoms with Crippen LogP contribution in [-0.2, 0) is 12.7 Å². The second-order valence-corrected chi connectivity index (χ2v) is 5.90. The van der Waals surface area contributed by atoms with Crippen molar-refractivity contribution in [2.45, 2.75) is 44.1 Å². The second kappa shape index (κ2) is 5.57. The molecule has 0 radical (unpaired) electrons. The summed E-state index contributed by atoms with van der Waals surface area (Å²) >= 11 is 0. The molecule has 1 unspecified atom stereocenters. The summed E-state index contributed by atoms with van der Waals surface area (Å²) in [5, 5.41) is 3.28. The van der Waals surface area contributed by atoms with E-state index in [2.05, 4.69) is 10.2 Å². The van der Waals surface area contributed by atoms with E-state index in [1.807, 2.05) is 0 Å². The highest BCUT2D eigenvalue weighted by Crippen LogP contribution is 2.32. The fraction of sp³-hybridized carbons (Fsp3) is 0.600. The summed E-state index contributed by atoms with van der Waals surface area (Å²) in [6, 6.07) is 4.23. The summed E-state index contributed by atoms with van der Waals surface area (Å²) in [6.07, 6.45) is -1.10. The fourth-order valence-corrected chi connectivity index (χ4v) is 2.89. The van der Waals surface area contributed by atoms with Crippen molar-refractivity contribution in [1.29, 1.82) is 0 Å². The first-order chi connectivity index (χ1) is 9.93. The normalized spacial score (nSPS) is 23.7. The van der Waals surface area contributed by atoms with E-state index in [0.717, 1.165) is 37.7 Å². The van der Waals surface area contributed by atoms with Crippen LogP contribution >= 0.6 is 0 Å². The van der Waals surface area contributed by atoms with E-state index in [0.29, 0.717) is 18.2 Å². The van der Waals surface area contributed by atoms with Crippen molar-refractivity contribution in [3.63, 3.8) is 0 Å². The maximum atomic E-state index is 13.2.